The highest BCUT2D eigenvalue weighted by Gasteiger charge is 2.09. The highest BCUT2D eigenvalue weighted by molar-refractivity contribution is 9.10. The summed E-state index contributed by atoms with van der Waals surface area (Å²) in [6.45, 7) is -0.0557. The number of thiazole rings is 1. The Bertz CT molecular complexity index is 1100. The van der Waals surface area contributed by atoms with E-state index in [0.29, 0.717) is 10.9 Å². The molecular formula is C22H17BrN2O2S. The number of nitrogens with zero attached hydrogens (tertiary/aromatic N) is 1. The number of aromatic nitrogens is 1. The normalized spacial score (nSPS) is 10.8. The van der Waals surface area contributed by atoms with E-state index in [1.807, 2.05) is 36.5 Å². The third-order valence-corrected chi connectivity index (χ3v) is 5.67. The van der Waals surface area contributed by atoms with Gasteiger partial charge in [-0.3, -0.25) is 10.1 Å². The van der Waals surface area contributed by atoms with Crippen LogP contribution in [0, 0.1) is 0 Å². The van der Waals surface area contributed by atoms with Crippen molar-refractivity contribution in [3.63, 3.8) is 0 Å². The van der Waals surface area contributed by atoms with Crippen LogP contribution in [-0.4, -0.2) is 17.5 Å². The van der Waals surface area contributed by atoms with Crippen molar-refractivity contribution in [2.75, 3.05) is 11.9 Å². The molecule has 4 rings (SSSR count). The van der Waals surface area contributed by atoms with Crippen molar-refractivity contribution < 1.29 is 9.53 Å². The van der Waals surface area contributed by atoms with E-state index in [0.717, 1.165) is 15.8 Å². The van der Waals surface area contributed by atoms with Gasteiger partial charge in [0.25, 0.3) is 5.91 Å². The van der Waals surface area contributed by atoms with Gasteiger partial charge in [0.05, 0.1) is 0 Å². The van der Waals surface area contributed by atoms with E-state index in [1.165, 1.54) is 27.7 Å². The first kappa shape index (κ1) is 18.7. The minimum Gasteiger partial charge on any atom is -0.484 e. The molecule has 0 saturated heterocycles. The zero-order valence-electron chi connectivity index (χ0n) is 14.9. The molecule has 0 fully saturated rings. The molecule has 0 atom stereocenters. The number of carbonyl (C=O) groups excluding carboxylic acids is 1. The molecule has 0 aliphatic rings. The number of ether oxygens (including phenoxy) is 1. The largest absolute Gasteiger partial charge is 0.484 e. The van der Waals surface area contributed by atoms with Gasteiger partial charge in [-0.15, -0.1) is 11.3 Å². The van der Waals surface area contributed by atoms with Gasteiger partial charge in [0.2, 0.25) is 0 Å². The first-order chi connectivity index (χ1) is 13.7. The molecule has 0 radical (unpaired) electrons. The quantitative estimate of drug-likeness (QED) is 0.410. The molecule has 1 heterocycles. The van der Waals surface area contributed by atoms with Crippen LogP contribution in [0.1, 0.15) is 10.4 Å². The van der Waals surface area contributed by atoms with Gasteiger partial charge in [-0.2, -0.15) is 0 Å². The van der Waals surface area contributed by atoms with E-state index in [9.17, 15) is 4.79 Å². The lowest BCUT2D eigenvalue weighted by molar-refractivity contribution is -0.118. The fourth-order valence-corrected chi connectivity index (χ4v) is 4.03. The summed E-state index contributed by atoms with van der Waals surface area (Å²) in [5.41, 5.74) is 1.25. The lowest BCUT2D eigenvalue weighted by Gasteiger charge is -2.06. The number of hydrogen-bond acceptors (Lipinski definition) is 4. The highest BCUT2D eigenvalue weighted by atomic mass is 79.9. The Morgan fingerprint density at radius 3 is 2.68 bits per heavy atom. The summed E-state index contributed by atoms with van der Waals surface area (Å²) in [4.78, 5) is 17.5. The molecule has 1 aromatic heterocycles. The Kier molecular flexibility index (Phi) is 5.69. The second-order valence-electron chi connectivity index (χ2n) is 6.24. The van der Waals surface area contributed by atoms with Crippen LogP contribution in [0.15, 0.2) is 77.4 Å². The van der Waals surface area contributed by atoms with Gasteiger partial charge in [-0.05, 0) is 40.6 Å². The fourth-order valence-electron chi connectivity index (χ4n) is 2.92. The minimum atomic E-state index is -0.228. The van der Waals surface area contributed by atoms with Crippen molar-refractivity contribution in [3.8, 4) is 5.75 Å². The molecule has 4 nitrogen and oxygen atoms in total. The van der Waals surface area contributed by atoms with Crippen molar-refractivity contribution in [2.24, 2.45) is 0 Å². The fraction of sp³-hybridized carbons (Fsp3) is 0.0909. The monoisotopic (exact) mass is 452 g/mol. The molecule has 4 aromatic rings. The first-order valence-corrected chi connectivity index (χ1v) is 10.4. The average molecular weight is 453 g/mol. The van der Waals surface area contributed by atoms with Crippen LogP contribution in [-0.2, 0) is 11.2 Å². The van der Waals surface area contributed by atoms with Gasteiger partial charge in [0, 0.05) is 22.0 Å². The highest BCUT2D eigenvalue weighted by Crippen LogP contribution is 2.25. The molecule has 1 amide bonds. The molecule has 0 unspecified atom stereocenters. The van der Waals surface area contributed by atoms with Gasteiger partial charge >= 0.3 is 0 Å². The van der Waals surface area contributed by atoms with Gasteiger partial charge in [-0.1, -0.05) is 58.4 Å². The van der Waals surface area contributed by atoms with E-state index >= 15 is 0 Å². The molecule has 3 aromatic carbocycles. The summed E-state index contributed by atoms with van der Waals surface area (Å²) in [7, 11) is 0. The Balaban J connectivity index is 1.37. The Labute approximate surface area is 175 Å². The van der Waals surface area contributed by atoms with Gasteiger partial charge in [0.15, 0.2) is 11.7 Å². The number of carbonyl (C=O) groups is 1. The summed E-state index contributed by atoms with van der Waals surface area (Å²) >= 11 is 4.85. The lowest BCUT2D eigenvalue weighted by Crippen LogP contribution is -2.19. The van der Waals surface area contributed by atoms with Gasteiger partial charge < -0.3 is 4.74 Å². The number of benzene rings is 3. The molecule has 140 valence electrons. The Morgan fingerprint density at radius 2 is 1.82 bits per heavy atom. The van der Waals surface area contributed by atoms with Crippen LogP contribution < -0.4 is 10.1 Å². The number of amides is 1. The number of hydrogen-bond donors (Lipinski definition) is 1. The summed E-state index contributed by atoms with van der Waals surface area (Å²) in [5.74, 6) is 0.420. The van der Waals surface area contributed by atoms with E-state index in [1.54, 1.807) is 0 Å². The molecule has 0 aliphatic heterocycles. The number of anilines is 1. The summed E-state index contributed by atoms with van der Waals surface area (Å²) in [6, 6.07) is 22.0. The SMILES string of the molecule is O=C(COc1ccc(Br)cc1)Nc1ncc(Cc2cccc3ccccc23)s1. The van der Waals surface area contributed by atoms with Crippen LogP contribution in [0.5, 0.6) is 5.75 Å². The summed E-state index contributed by atoms with van der Waals surface area (Å²) < 4.78 is 6.45. The van der Waals surface area contributed by atoms with Gasteiger partial charge in [0.1, 0.15) is 5.75 Å². The molecule has 6 heteroatoms. The number of nitrogens with one attached hydrogen (secondary N) is 1. The van der Waals surface area contributed by atoms with Crippen LogP contribution >= 0.6 is 27.3 Å². The second-order valence-corrected chi connectivity index (χ2v) is 8.27. The van der Waals surface area contributed by atoms with Gasteiger partial charge in [-0.25, -0.2) is 4.98 Å². The third kappa shape index (κ3) is 4.58. The molecule has 0 saturated carbocycles. The minimum absolute atomic E-state index is 0.0557. The molecule has 28 heavy (non-hydrogen) atoms. The average Bonchev–Trinajstić information content (AvgIpc) is 3.14. The smallest absolute Gasteiger partial charge is 0.264 e. The van der Waals surface area contributed by atoms with E-state index in [4.69, 9.17) is 4.74 Å². The number of fused-ring (bicyclic) bond motifs is 1. The van der Waals surface area contributed by atoms with Crippen molar-refractivity contribution in [1.29, 1.82) is 0 Å². The zero-order chi connectivity index (χ0) is 19.3. The van der Waals surface area contributed by atoms with Crippen LogP contribution in [0.3, 0.4) is 0 Å². The molecule has 0 spiro atoms. The maximum atomic E-state index is 12.1. The third-order valence-electron chi connectivity index (χ3n) is 4.23. The Morgan fingerprint density at radius 1 is 1.04 bits per heavy atom. The van der Waals surface area contributed by atoms with Crippen molar-refractivity contribution >= 4 is 49.1 Å². The van der Waals surface area contributed by atoms with Crippen LogP contribution in [0.25, 0.3) is 10.8 Å². The van der Waals surface area contributed by atoms with Crippen LogP contribution in [0.4, 0.5) is 5.13 Å². The predicted octanol–water partition coefficient (Wildman–Crippen LogP) is 5.67. The zero-order valence-corrected chi connectivity index (χ0v) is 17.3. The molecular weight excluding hydrogens is 436 g/mol. The maximum absolute atomic E-state index is 12.1. The van der Waals surface area contributed by atoms with Crippen molar-refractivity contribution in [3.05, 3.63) is 87.8 Å². The molecule has 0 aliphatic carbocycles. The second kappa shape index (κ2) is 8.54. The standard InChI is InChI=1S/C22H17BrN2O2S/c23-17-8-10-18(11-9-17)27-14-21(26)25-22-24-13-19(28-22)12-16-6-3-5-15-4-1-2-7-20(15)16/h1-11,13H,12,14H2,(H,24,25,26). The lowest BCUT2D eigenvalue weighted by atomic mass is 10.0. The van der Waals surface area contributed by atoms with Crippen molar-refractivity contribution in [2.45, 2.75) is 6.42 Å². The Hall–Kier alpha value is -2.70. The van der Waals surface area contributed by atoms with E-state index < -0.39 is 0 Å². The van der Waals surface area contributed by atoms with Crippen LogP contribution in [0.2, 0.25) is 0 Å². The van der Waals surface area contributed by atoms with E-state index in [2.05, 4.69) is 62.6 Å². The molecule has 1 N–H and O–H groups in total. The van der Waals surface area contributed by atoms with E-state index in [-0.39, 0.29) is 12.5 Å². The summed E-state index contributed by atoms with van der Waals surface area (Å²) in [5, 5.41) is 5.85. The molecule has 0 bridgehead atoms. The number of rotatable bonds is 6. The predicted molar refractivity (Wildman–Crippen MR) is 117 cm³/mol. The topological polar surface area (TPSA) is 51.2 Å². The maximum Gasteiger partial charge on any atom is 0.264 e. The van der Waals surface area contributed by atoms with Crippen molar-refractivity contribution in [1.82, 2.24) is 4.98 Å². The number of halogens is 1. The first-order valence-electron chi connectivity index (χ1n) is 8.77. The summed E-state index contributed by atoms with van der Waals surface area (Å²) in [6.07, 6.45) is 2.60.